The van der Waals surface area contributed by atoms with Gasteiger partial charge in [-0.3, -0.25) is 4.79 Å². The van der Waals surface area contributed by atoms with Gasteiger partial charge in [-0.05, 0) is 20.8 Å². The second kappa shape index (κ2) is 4.90. The SMILES string of the molecule is C=C[C@@H]1CN(C(=O)OC(C)(C)C)C[C@H](C)C1=O. The molecule has 4 nitrogen and oxygen atoms in total. The molecule has 1 amide bonds. The molecule has 2 atom stereocenters. The normalized spacial score (nSPS) is 25.6. The van der Waals surface area contributed by atoms with Crippen LogP contribution in [0.5, 0.6) is 0 Å². The summed E-state index contributed by atoms with van der Waals surface area (Å²) in [6.45, 7) is 11.8. The van der Waals surface area contributed by atoms with E-state index in [4.69, 9.17) is 4.74 Å². The molecule has 0 aromatic rings. The lowest BCUT2D eigenvalue weighted by atomic mass is 9.89. The number of ketones is 1. The van der Waals surface area contributed by atoms with Gasteiger partial charge in [-0.15, -0.1) is 6.58 Å². The van der Waals surface area contributed by atoms with E-state index in [2.05, 4.69) is 6.58 Å². The van der Waals surface area contributed by atoms with Crippen LogP contribution in [-0.2, 0) is 9.53 Å². The second-order valence-corrected chi connectivity index (χ2v) is 5.53. The number of amides is 1. The van der Waals surface area contributed by atoms with E-state index < -0.39 is 5.60 Å². The third kappa shape index (κ3) is 3.58. The molecule has 17 heavy (non-hydrogen) atoms. The highest BCUT2D eigenvalue weighted by molar-refractivity contribution is 5.87. The van der Waals surface area contributed by atoms with Gasteiger partial charge in [-0.2, -0.15) is 0 Å². The van der Waals surface area contributed by atoms with Crippen molar-refractivity contribution in [1.29, 1.82) is 0 Å². The highest BCUT2D eigenvalue weighted by Gasteiger charge is 2.34. The molecule has 0 bridgehead atoms. The lowest BCUT2D eigenvalue weighted by molar-refractivity contribution is -0.128. The molecule has 4 heteroatoms. The fraction of sp³-hybridized carbons (Fsp3) is 0.692. The number of rotatable bonds is 1. The molecule has 0 aromatic carbocycles. The van der Waals surface area contributed by atoms with Gasteiger partial charge in [0, 0.05) is 19.0 Å². The summed E-state index contributed by atoms with van der Waals surface area (Å²) in [6.07, 6.45) is 1.25. The van der Waals surface area contributed by atoms with E-state index in [1.54, 1.807) is 11.0 Å². The van der Waals surface area contributed by atoms with E-state index in [-0.39, 0.29) is 23.7 Å². The van der Waals surface area contributed by atoms with E-state index in [0.29, 0.717) is 13.1 Å². The number of nitrogens with zero attached hydrogens (tertiary/aromatic N) is 1. The molecule has 1 aliphatic heterocycles. The Hall–Kier alpha value is -1.32. The van der Waals surface area contributed by atoms with Crippen LogP contribution >= 0.6 is 0 Å². The first-order chi connectivity index (χ1) is 7.74. The Bertz CT molecular complexity index is 330. The Labute approximate surface area is 103 Å². The van der Waals surface area contributed by atoms with Crippen LogP contribution in [0.1, 0.15) is 27.7 Å². The van der Waals surface area contributed by atoms with E-state index in [0.717, 1.165) is 0 Å². The molecular weight excluding hydrogens is 218 g/mol. The topological polar surface area (TPSA) is 46.6 Å². The molecule has 0 saturated carbocycles. The Kier molecular flexibility index (Phi) is 3.96. The summed E-state index contributed by atoms with van der Waals surface area (Å²) >= 11 is 0. The Balaban J connectivity index is 2.70. The van der Waals surface area contributed by atoms with Gasteiger partial charge in [0.05, 0.1) is 5.92 Å². The van der Waals surface area contributed by atoms with Gasteiger partial charge >= 0.3 is 6.09 Å². The zero-order valence-corrected chi connectivity index (χ0v) is 11.0. The molecule has 96 valence electrons. The molecule has 1 heterocycles. The average Bonchev–Trinajstić information content (AvgIpc) is 2.19. The number of hydrogen-bond donors (Lipinski definition) is 0. The zero-order chi connectivity index (χ0) is 13.2. The van der Waals surface area contributed by atoms with E-state index in [1.165, 1.54) is 0 Å². The molecule has 0 N–H and O–H groups in total. The van der Waals surface area contributed by atoms with E-state index in [1.807, 2.05) is 27.7 Å². The molecule has 1 saturated heterocycles. The van der Waals surface area contributed by atoms with Gasteiger partial charge in [-0.25, -0.2) is 4.79 Å². The minimum Gasteiger partial charge on any atom is -0.444 e. The van der Waals surface area contributed by atoms with E-state index >= 15 is 0 Å². The van der Waals surface area contributed by atoms with Crippen molar-refractivity contribution in [2.24, 2.45) is 11.8 Å². The fourth-order valence-corrected chi connectivity index (χ4v) is 1.85. The van der Waals surface area contributed by atoms with Crippen LogP contribution in [0.4, 0.5) is 4.79 Å². The number of Topliss-reactive ketones (excluding diaryl/α,β-unsaturated/α-hetero) is 1. The van der Waals surface area contributed by atoms with Crippen LogP contribution < -0.4 is 0 Å². The Morgan fingerprint density at radius 2 is 2.06 bits per heavy atom. The Morgan fingerprint density at radius 3 is 2.53 bits per heavy atom. The number of carbonyl (C=O) groups excluding carboxylic acids is 2. The molecule has 0 unspecified atom stereocenters. The van der Waals surface area contributed by atoms with E-state index in [9.17, 15) is 9.59 Å². The van der Waals surface area contributed by atoms with Crippen molar-refractivity contribution in [3.8, 4) is 0 Å². The maximum atomic E-state index is 11.9. The van der Waals surface area contributed by atoms with Crippen molar-refractivity contribution in [3.05, 3.63) is 12.7 Å². The lowest BCUT2D eigenvalue weighted by Gasteiger charge is -2.35. The van der Waals surface area contributed by atoms with Gasteiger partial charge in [0.25, 0.3) is 0 Å². The molecule has 1 fully saturated rings. The van der Waals surface area contributed by atoms with Crippen LogP contribution in [0.3, 0.4) is 0 Å². The summed E-state index contributed by atoms with van der Waals surface area (Å²) in [5.41, 5.74) is -0.508. The summed E-state index contributed by atoms with van der Waals surface area (Å²) in [4.78, 5) is 25.2. The van der Waals surface area contributed by atoms with Gasteiger partial charge in [0.2, 0.25) is 0 Å². The van der Waals surface area contributed by atoms with Crippen LogP contribution in [0.15, 0.2) is 12.7 Å². The first-order valence-electron chi connectivity index (χ1n) is 5.89. The highest BCUT2D eigenvalue weighted by Crippen LogP contribution is 2.21. The third-order valence-corrected chi connectivity index (χ3v) is 2.70. The summed E-state index contributed by atoms with van der Waals surface area (Å²) in [6, 6.07) is 0. The number of piperidine rings is 1. The van der Waals surface area contributed by atoms with Gasteiger partial charge in [-0.1, -0.05) is 13.0 Å². The number of likely N-dealkylation sites (tertiary alicyclic amines) is 1. The standard InChI is InChI=1S/C13H21NO3/c1-6-10-8-14(7-9(2)11(10)15)12(16)17-13(3,4)5/h6,9-10H,1,7-8H2,2-5H3/t9-,10+/m0/s1. The smallest absolute Gasteiger partial charge is 0.410 e. The monoisotopic (exact) mass is 239 g/mol. The van der Waals surface area contributed by atoms with Crippen LogP contribution in [-0.4, -0.2) is 35.5 Å². The van der Waals surface area contributed by atoms with Gasteiger partial charge in [0.15, 0.2) is 0 Å². The van der Waals surface area contributed by atoms with Crippen molar-refractivity contribution in [2.45, 2.75) is 33.3 Å². The number of carbonyl (C=O) groups is 2. The molecular formula is C13H21NO3. The molecule has 0 aliphatic carbocycles. The minimum absolute atomic E-state index is 0.153. The molecule has 1 rings (SSSR count). The summed E-state index contributed by atoms with van der Waals surface area (Å²) in [5, 5.41) is 0. The first-order valence-corrected chi connectivity index (χ1v) is 5.89. The fourth-order valence-electron chi connectivity index (χ4n) is 1.85. The third-order valence-electron chi connectivity index (χ3n) is 2.70. The van der Waals surface area contributed by atoms with Crippen molar-refractivity contribution in [1.82, 2.24) is 4.90 Å². The van der Waals surface area contributed by atoms with Crippen molar-refractivity contribution in [3.63, 3.8) is 0 Å². The second-order valence-electron chi connectivity index (χ2n) is 5.53. The van der Waals surface area contributed by atoms with Gasteiger partial charge in [0.1, 0.15) is 11.4 Å². The average molecular weight is 239 g/mol. The predicted octanol–water partition coefficient (Wildman–Crippen LogP) is 2.24. The summed E-state index contributed by atoms with van der Waals surface area (Å²) < 4.78 is 5.29. The maximum absolute atomic E-state index is 11.9. The molecule has 0 radical (unpaired) electrons. The lowest BCUT2D eigenvalue weighted by Crippen LogP contribution is -2.49. The zero-order valence-electron chi connectivity index (χ0n) is 11.0. The molecule has 0 aromatic heterocycles. The molecule has 1 aliphatic rings. The van der Waals surface area contributed by atoms with Crippen molar-refractivity contribution < 1.29 is 14.3 Å². The number of hydrogen-bond acceptors (Lipinski definition) is 3. The highest BCUT2D eigenvalue weighted by atomic mass is 16.6. The van der Waals surface area contributed by atoms with Gasteiger partial charge < -0.3 is 9.64 Å². The van der Waals surface area contributed by atoms with Crippen LogP contribution in [0.25, 0.3) is 0 Å². The van der Waals surface area contributed by atoms with Crippen molar-refractivity contribution >= 4 is 11.9 Å². The van der Waals surface area contributed by atoms with Crippen molar-refractivity contribution in [2.75, 3.05) is 13.1 Å². The van der Waals surface area contributed by atoms with Crippen LogP contribution in [0, 0.1) is 11.8 Å². The minimum atomic E-state index is -0.508. The largest absolute Gasteiger partial charge is 0.444 e. The quantitative estimate of drug-likeness (QED) is 0.659. The predicted molar refractivity (Wildman–Crippen MR) is 65.7 cm³/mol. The summed E-state index contributed by atoms with van der Waals surface area (Å²) in [5.74, 6) is -0.273. The number of ether oxygens (including phenoxy) is 1. The first kappa shape index (κ1) is 13.7. The van der Waals surface area contributed by atoms with Crippen LogP contribution in [0.2, 0.25) is 0 Å². The summed E-state index contributed by atoms with van der Waals surface area (Å²) in [7, 11) is 0. The maximum Gasteiger partial charge on any atom is 0.410 e. The Morgan fingerprint density at radius 1 is 1.47 bits per heavy atom. The molecule has 0 spiro atoms.